The first-order valence-electron chi connectivity index (χ1n) is 6.23. The Kier molecular flexibility index (Phi) is 4.73. The Balaban J connectivity index is 2.64. The molecule has 1 aromatic carbocycles. The molecule has 0 aliphatic rings. The molecule has 1 aromatic rings. The van der Waals surface area contributed by atoms with Gasteiger partial charge in [-0.2, -0.15) is 0 Å². The highest BCUT2D eigenvalue weighted by molar-refractivity contribution is 5.89. The van der Waals surface area contributed by atoms with Crippen LogP contribution in [0.15, 0.2) is 24.3 Å². The van der Waals surface area contributed by atoms with Gasteiger partial charge in [-0.3, -0.25) is 0 Å². The zero-order chi connectivity index (χ0) is 13.8. The van der Waals surface area contributed by atoms with Gasteiger partial charge in [0.2, 0.25) is 0 Å². The number of anilines is 1. The van der Waals surface area contributed by atoms with E-state index in [2.05, 4.69) is 10.6 Å². The number of aryl methyl sites for hydroxylation is 1. The molecule has 1 rings (SSSR count). The maximum atomic E-state index is 11.9. The van der Waals surface area contributed by atoms with Crippen LogP contribution in [0.25, 0.3) is 0 Å². The normalized spacial score (nSPS) is 14.1. The predicted octanol–water partition coefficient (Wildman–Crippen LogP) is 2.49. The summed E-state index contributed by atoms with van der Waals surface area (Å²) in [5, 5.41) is 5.74. The minimum absolute atomic E-state index is 0.222. The molecule has 4 N–H and O–H groups in total. The number of rotatable bonds is 4. The highest BCUT2D eigenvalue weighted by Crippen LogP contribution is 2.15. The van der Waals surface area contributed by atoms with Gasteiger partial charge in [0.05, 0.1) is 5.54 Å². The molecular formula is C14H23N3O. The first-order chi connectivity index (χ1) is 8.37. The number of amides is 2. The van der Waals surface area contributed by atoms with Crippen LogP contribution in [0.3, 0.4) is 0 Å². The number of urea groups is 1. The Labute approximate surface area is 109 Å². The average molecular weight is 249 g/mol. The highest BCUT2D eigenvalue weighted by atomic mass is 16.2. The Bertz CT molecular complexity index is 400. The Morgan fingerprint density at radius 1 is 1.33 bits per heavy atom. The van der Waals surface area contributed by atoms with Crippen LogP contribution >= 0.6 is 0 Å². The van der Waals surface area contributed by atoms with Gasteiger partial charge >= 0.3 is 6.03 Å². The van der Waals surface area contributed by atoms with Crippen LogP contribution in [0.2, 0.25) is 0 Å². The second-order valence-electron chi connectivity index (χ2n) is 5.22. The quantitative estimate of drug-likeness (QED) is 0.767. The Morgan fingerprint density at radius 3 is 2.33 bits per heavy atom. The molecule has 18 heavy (non-hydrogen) atoms. The molecule has 100 valence electrons. The van der Waals surface area contributed by atoms with Gasteiger partial charge in [0, 0.05) is 12.2 Å². The highest BCUT2D eigenvalue weighted by Gasteiger charge is 2.28. The van der Waals surface area contributed by atoms with Crippen LogP contribution in [0.4, 0.5) is 10.5 Å². The van der Waals surface area contributed by atoms with Crippen molar-refractivity contribution in [3.8, 4) is 0 Å². The SMILES string of the molecule is Cc1ccc(NC(=O)NC(C)(CN)C(C)C)cc1. The van der Waals surface area contributed by atoms with Crippen molar-refractivity contribution in [1.29, 1.82) is 0 Å². The second kappa shape index (κ2) is 5.87. The number of nitrogens with two attached hydrogens (primary N) is 1. The standard InChI is InChI=1S/C14H23N3O/c1-10(2)14(4,9-15)17-13(18)16-12-7-5-11(3)6-8-12/h5-8,10H,9,15H2,1-4H3,(H2,16,17,18). The molecule has 4 heteroatoms. The van der Waals surface area contributed by atoms with E-state index >= 15 is 0 Å². The fourth-order valence-electron chi connectivity index (χ4n) is 1.49. The molecule has 4 nitrogen and oxygen atoms in total. The molecule has 0 aliphatic carbocycles. The van der Waals surface area contributed by atoms with Crippen molar-refractivity contribution in [1.82, 2.24) is 5.32 Å². The number of benzene rings is 1. The zero-order valence-corrected chi connectivity index (χ0v) is 11.6. The van der Waals surface area contributed by atoms with E-state index in [0.717, 1.165) is 11.3 Å². The van der Waals surface area contributed by atoms with Crippen molar-refractivity contribution in [3.05, 3.63) is 29.8 Å². The van der Waals surface area contributed by atoms with Crippen molar-refractivity contribution in [2.24, 2.45) is 11.7 Å². The van der Waals surface area contributed by atoms with E-state index in [4.69, 9.17) is 5.73 Å². The van der Waals surface area contributed by atoms with Crippen molar-refractivity contribution < 1.29 is 4.79 Å². The minimum Gasteiger partial charge on any atom is -0.331 e. The lowest BCUT2D eigenvalue weighted by atomic mass is 9.89. The van der Waals surface area contributed by atoms with E-state index in [1.807, 2.05) is 52.0 Å². The van der Waals surface area contributed by atoms with Crippen LogP contribution in [-0.4, -0.2) is 18.1 Å². The summed E-state index contributed by atoms with van der Waals surface area (Å²) in [5.41, 5.74) is 7.27. The monoisotopic (exact) mass is 249 g/mol. The predicted molar refractivity (Wildman–Crippen MR) is 75.6 cm³/mol. The summed E-state index contributed by atoms with van der Waals surface area (Å²) < 4.78 is 0. The molecule has 0 aliphatic heterocycles. The van der Waals surface area contributed by atoms with E-state index in [1.54, 1.807) is 0 Å². The number of carbonyl (C=O) groups is 1. The molecule has 0 fully saturated rings. The number of hydrogen-bond acceptors (Lipinski definition) is 2. The molecule has 0 spiro atoms. The Morgan fingerprint density at radius 2 is 1.89 bits per heavy atom. The van der Waals surface area contributed by atoms with Crippen molar-refractivity contribution in [2.45, 2.75) is 33.2 Å². The third-order valence-electron chi connectivity index (χ3n) is 3.41. The van der Waals surface area contributed by atoms with Gasteiger partial charge in [-0.25, -0.2) is 4.79 Å². The van der Waals surface area contributed by atoms with Crippen LogP contribution in [0, 0.1) is 12.8 Å². The van der Waals surface area contributed by atoms with E-state index in [9.17, 15) is 4.79 Å². The van der Waals surface area contributed by atoms with Crippen LogP contribution in [0.5, 0.6) is 0 Å². The van der Waals surface area contributed by atoms with Gasteiger partial charge in [-0.1, -0.05) is 31.5 Å². The molecule has 0 saturated carbocycles. The maximum Gasteiger partial charge on any atom is 0.319 e. The fraction of sp³-hybridized carbons (Fsp3) is 0.500. The fourth-order valence-corrected chi connectivity index (χ4v) is 1.49. The molecule has 0 aromatic heterocycles. The molecule has 0 radical (unpaired) electrons. The lowest BCUT2D eigenvalue weighted by molar-refractivity contribution is 0.225. The van der Waals surface area contributed by atoms with E-state index in [0.29, 0.717) is 6.54 Å². The summed E-state index contributed by atoms with van der Waals surface area (Å²) in [5.74, 6) is 0.270. The van der Waals surface area contributed by atoms with Crippen LogP contribution in [-0.2, 0) is 0 Å². The molecule has 1 unspecified atom stereocenters. The van der Waals surface area contributed by atoms with Gasteiger partial charge in [0.25, 0.3) is 0 Å². The second-order valence-corrected chi connectivity index (χ2v) is 5.22. The van der Waals surface area contributed by atoms with E-state index in [-0.39, 0.29) is 11.9 Å². The smallest absolute Gasteiger partial charge is 0.319 e. The molecule has 0 bridgehead atoms. The van der Waals surface area contributed by atoms with Crippen LogP contribution < -0.4 is 16.4 Å². The van der Waals surface area contributed by atoms with Gasteiger partial charge in [0.15, 0.2) is 0 Å². The summed E-state index contributed by atoms with van der Waals surface area (Å²) in [4.78, 5) is 11.9. The van der Waals surface area contributed by atoms with E-state index in [1.165, 1.54) is 0 Å². The van der Waals surface area contributed by atoms with E-state index < -0.39 is 5.54 Å². The summed E-state index contributed by atoms with van der Waals surface area (Å²) in [6.07, 6.45) is 0. The average Bonchev–Trinajstić information content (AvgIpc) is 2.31. The first-order valence-corrected chi connectivity index (χ1v) is 6.23. The molecule has 0 saturated heterocycles. The van der Waals surface area contributed by atoms with Gasteiger partial charge < -0.3 is 16.4 Å². The summed E-state index contributed by atoms with van der Waals surface area (Å²) in [7, 11) is 0. The van der Waals surface area contributed by atoms with Crippen molar-refractivity contribution in [2.75, 3.05) is 11.9 Å². The summed E-state index contributed by atoms with van der Waals surface area (Å²) in [6, 6.07) is 7.45. The number of nitrogens with one attached hydrogen (secondary N) is 2. The van der Waals surface area contributed by atoms with Crippen molar-refractivity contribution >= 4 is 11.7 Å². The van der Waals surface area contributed by atoms with Gasteiger partial charge in [0.1, 0.15) is 0 Å². The zero-order valence-electron chi connectivity index (χ0n) is 11.6. The molecule has 0 heterocycles. The number of carbonyl (C=O) groups excluding carboxylic acids is 1. The number of hydrogen-bond donors (Lipinski definition) is 3. The van der Waals surface area contributed by atoms with Crippen molar-refractivity contribution in [3.63, 3.8) is 0 Å². The Hall–Kier alpha value is -1.55. The third kappa shape index (κ3) is 3.74. The van der Waals surface area contributed by atoms with Gasteiger partial charge in [-0.05, 0) is 31.9 Å². The summed E-state index contributed by atoms with van der Waals surface area (Å²) >= 11 is 0. The largest absolute Gasteiger partial charge is 0.331 e. The van der Waals surface area contributed by atoms with Gasteiger partial charge in [-0.15, -0.1) is 0 Å². The third-order valence-corrected chi connectivity index (χ3v) is 3.41. The molecule has 1 atom stereocenters. The minimum atomic E-state index is -0.394. The summed E-state index contributed by atoms with van der Waals surface area (Å²) in [6.45, 7) is 8.45. The lowest BCUT2D eigenvalue weighted by Gasteiger charge is -2.33. The van der Waals surface area contributed by atoms with Crippen LogP contribution in [0.1, 0.15) is 26.3 Å². The first kappa shape index (κ1) is 14.5. The molecular weight excluding hydrogens is 226 g/mol. The lowest BCUT2D eigenvalue weighted by Crippen LogP contribution is -2.56. The topological polar surface area (TPSA) is 67.2 Å². The maximum absolute atomic E-state index is 11.9. The molecule has 2 amide bonds.